The van der Waals surface area contributed by atoms with Crippen molar-refractivity contribution in [1.29, 1.82) is 5.26 Å². The lowest BCUT2D eigenvalue weighted by atomic mass is 9.95. The largest absolute Gasteiger partial charge is 0.192 e. The zero-order valence-electron chi connectivity index (χ0n) is 13.7. The topological polar surface area (TPSA) is 23.8 Å². The molecule has 2 heteroatoms. The maximum absolute atomic E-state index is 8.91. The molecule has 4 aromatic rings. The second kappa shape index (κ2) is 6.63. The molecule has 0 spiro atoms. The molecule has 0 aromatic heterocycles. The lowest BCUT2D eigenvalue weighted by Gasteiger charge is -2.12. The molecule has 0 N–H and O–H groups in total. The van der Waals surface area contributed by atoms with Crippen molar-refractivity contribution in [1.82, 2.24) is 0 Å². The number of thiol groups is 1. The van der Waals surface area contributed by atoms with Gasteiger partial charge in [0.15, 0.2) is 0 Å². The van der Waals surface area contributed by atoms with Crippen LogP contribution in [0.15, 0.2) is 77.7 Å². The first kappa shape index (κ1) is 15.7. The highest BCUT2D eigenvalue weighted by Gasteiger charge is 2.09. The molecule has 0 atom stereocenters. The summed E-state index contributed by atoms with van der Waals surface area (Å²) in [6, 6.07) is 27.1. The van der Waals surface area contributed by atoms with Crippen LogP contribution in [-0.2, 0) is 12.8 Å². The molecular formula is C23H17NS. The fourth-order valence-corrected chi connectivity index (χ4v) is 3.88. The average Bonchev–Trinajstić information content (AvgIpc) is 2.67. The lowest BCUT2D eigenvalue weighted by Crippen LogP contribution is -1.94. The summed E-state index contributed by atoms with van der Waals surface area (Å²) >= 11 is 4.86. The molecule has 0 saturated heterocycles. The first-order valence-corrected chi connectivity index (χ1v) is 8.82. The molecule has 0 radical (unpaired) electrons. The average molecular weight is 339 g/mol. The van der Waals surface area contributed by atoms with Crippen LogP contribution in [0.4, 0.5) is 0 Å². The van der Waals surface area contributed by atoms with E-state index in [1.54, 1.807) is 0 Å². The van der Waals surface area contributed by atoms with Gasteiger partial charge in [0, 0.05) is 4.90 Å². The number of aryl methyl sites for hydroxylation is 2. The van der Waals surface area contributed by atoms with E-state index in [0.29, 0.717) is 5.56 Å². The third-order valence-electron chi connectivity index (χ3n) is 4.71. The summed E-state index contributed by atoms with van der Waals surface area (Å²) in [7, 11) is 0. The van der Waals surface area contributed by atoms with Gasteiger partial charge >= 0.3 is 0 Å². The van der Waals surface area contributed by atoms with Gasteiger partial charge in [0.1, 0.15) is 0 Å². The summed E-state index contributed by atoms with van der Waals surface area (Å²) in [5.74, 6) is 0. The maximum atomic E-state index is 8.91. The van der Waals surface area contributed by atoms with Gasteiger partial charge in [0.05, 0.1) is 11.6 Å². The quantitative estimate of drug-likeness (QED) is 0.362. The molecule has 0 heterocycles. The minimum absolute atomic E-state index is 0.707. The Morgan fingerprint density at radius 2 is 1.56 bits per heavy atom. The van der Waals surface area contributed by atoms with Crippen LogP contribution < -0.4 is 0 Å². The Balaban J connectivity index is 1.74. The van der Waals surface area contributed by atoms with E-state index in [1.165, 1.54) is 32.7 Å². The van der Waals surface area contributed by atoms with Crippen molar-refractivity contribution < 1.29 is 0 Å². The van der Waals surface area contributed by atoms with Gasteiger partial charge in [-0.25, -0.2) is 0 Å². The van der Waals surface area contributed by atoms with Crippen molar-refractivity contribution in [2.75, 3.05) is 0 Å². The third-order valence-corrected chi connectivity index (χ3v) is 5.18. The Kier molecular flexibility index (Phi) is 4.17. The number of fused-ring (bicyclic) bond motifs is 2. The molecule has 0 amide bonds. The van der Waals surface area contributed by atoms with Crippen LogP contribution in [0.2, 0.25) is 0 Å². The molecule has 0 aliphatic rings. The number of nitrogens with zero attached hydrogens (tertiary/aromatic N) is 1. The van der Waals surface area contributed by atoms with E-state index in [4.69, 9.17) is 17.9 Å². The summed E-state index contributed by atoms with van der Waals surface area (Å²) in [6.45, 7) is 0. The predicted molar refractivity (Wildman–Crippen MR) is 107 cm³/mol. The Morgan fingerprint density at radius 1 is 0.800 bits per heavy atom. The summed E-state index contributed by atoms with van der Waals surface area (Å²) in [5.41, 5.74) is 3.27. The summed E-state index contributed by atoms with van der Waals surface area (Å²) in [5, 5.41) is 13.8. The maximum Gasteiger partial charge on any atom is 0.0991 e. The number of hydrogen-bond acceptors (Lipinski definition) is 2. The minimum Gasteiger partial charge on any atom is -0.192 e. The van der Waals surface area contributed by atoms with Crippen LogP contribution in [0.3, 0.4) is 0 Å². The van der Waals surface area contributed by atoms with Gasteiger partial charge in [-0.3, -0.25) is 0 Å². The first-order chi connectivity index (χ1) is 12.3. The predicted octanol–water partition coefficient (Wildman–Crippen LogP) is 5.94. The van der Waals surface area contributed by atoms with Crippen molar-refractivity contribution >= 4 is 34.2 Å². The van der Waals surface area contributed by atoms with Crippen LogP contribution in [0, 0.1) is 11.3 Å². The smallest absolute Gasteiger partial charge is 0.0991 e. The SMILES string of the molecule is N#Cc1ccc(CCc2cccc3cc4ccccc4c(S)c23)cc1. The molecule has 0 saturated carbocycles. The van der Waals surface area contributed by atoms with Gasteiger partial charge in [-0.1, -0.05) is 54.6 Å². The Morgan fingerprint density at radius 3 is 2.36 bits per heavy atom. The van der Waals surface area contributed by atoms with Gasteiger partial charge in [0.25, 0.3) is 0 Å². The van der Waals surface area contributed by atoms with E-state index in [1.807, 2.05) is 24.3 Å². The van der Waals surface area contributed by atoms with Gasteiger partial charge in [-0.15, -0.1) is 12.6 Å². The number of benzene rings is 4. The standard InChI is InChI=1S/C23H17NS/c24-15-17-10-8-16(9-11-17)12-13-18-5-3-6-20-14-19-4-1-2-7-21(19)23(25)22(18)20/h1-11,14,25H,12-13H2. The highest BCUT2D eigenvalue weighted by atomic mass is 32.1. The van der Waals surface area contributed by atoms with E-state index in [-0.39, 0.29) is 0 Å². The van der Waals surface area contributed by atoms with E-state index in [2.05, 4.69) is 54.6 Å². The molecule has 25 heavy (non-hydrogen) atoms. The summed E-state index contributed by atoms with van der Waals surface area (Å²) < 4.78 is 0. The monoisotopic (exact) mass is 339 g/mol. The number of rotatable bonds is 3. The highest BCUT2D eigenvalue weighted by Crippen LogP contribution is 2.33. The number of nitriles is 1. The molecule has 1 nitrogen and oxygen atoms in total. The number of hydrogen-bond donors (Lipinski definition) is 1. The Labute approximate surface area is 152 Å². The van der Waals surface area contributed by atoms with Gasteiger partial charge in [-0.05, 0) is 63.7 Å². The second-order valence-corrected chi connectivity index (χ2v) is 6.72. The van der Waals surface area contributed by atoms with Gasteiger partial charge in [0.2, 0.25) is 0 Å². The van der Waals surface area contributed by atoms with Crippen molar-refractivity contribution in [3.8, 4) is 6.07 Å². The van der Waals surface area contributed by atoms with Crippen molar-refractivity contribution in [3.05, 3.63) is 89.5 Å². The zero-order valence-corrected chi connectivity index (χ0v) is 14.6. The third kappa shape index (κ3) is 2.99. The van der Waals surface area contributed by atoms with Crippen LogP contribution >= 0.6 is 12.6 Å². The van der Waals surface area contributed by atoms with Crippen LogP contribution in [0.25, 0.3) is 21.5 Å². The first-order valence-electron chi connectivity index (χ1n) is 8.37. The van der Waals surface area contributed by atoms with Crippen molar-refractivity contribution in [2.45, 2.75) is 17.7 Å². The zero-order chi connectivity index (χ0) is 17.2. The fraction of sp³-hybridized carbons (Fsp3) is 0.0870. The van der Waals surface area contributed by atoms with Gasteiger partial charge in [-0.2, -0.15) is 5.26 Å². The van der Waals surface area contributed by atoms with Crippen LogP contribution in [-0.4, -0.2) is 0 Å². The fourth-order valence-electron chi connectivity index (χ4n) is 3.40. The van der Waals surface area contributed by atoms with E-state index < -0.39 is 0 Å². The molecule has 0 aliphatic heterocycles. The highest BCUT2D eigenvalue weighted by molar-refractivity contribution is 7.80. The molecule has 4 aromatic carbocycles. The summed E-state index contributed by atoms with van der Waals surface area (Å²) in [6.07, 6.45) is 1.90. The van der Waals surface area contributed by atoms with E-state index >= 15 is 0 Å². The van der Waals surface area contributed by atoms with Crippen LogP contribution in [0.5, 0.6) is 0 Å². The lowest BCUT2D eigenvalue weighted by molar-refractivity contribution is 0.967. The Bertz CT molecular complexity index is 1100. The van der Waals surface area contributed by atoms with Crippen molar-refractivity contribution in [3.63, 3.8) is 0 Å². The molecule has 4 rings (SSSR count). The molecular weight excluding hydrogens is 322 g/mol. The van der Waals surface area contributed by atoms with Gasteiger partial charge < -0.3 is 0 Å². The molecule has 0 aliphatic carbocycles. The van der Waals surface area contributed by atoms with Crippen molar-refractivity contribution in [2.24, 2.45) is 0 Å². The van der Waals surface area contributed by atoms with E-state index in [9.17, 15) is 0 Å². The molecule has 0 unspecified atom stereocenters. The normalized spacial score (nSPS) is 10.9. The molecule has 0 bridgehead atoms. The van der Waals surface area contributed by atoms with E-state index in [0.717, 1.165) is 17.7 Å². The summed E-state index contributed by atoms with van der Waals surface area (Å²) in [4.78, 5) is 1.06. The Hall–Kier alpha value is -2.76. The minimum atomic E-state index is 0.707. The van der Waals surface area contributed by atoms with Crippen LogP contribution in [0.1, 0.15) is 16.7 Å². The second-order valence-electron chi connectivity index (χ2n) is 6.27. The molecule has 120 valence electrons. The molecule has 0 fully saturated rings.